The second-order valence-electron chi connectivity index (χ2n) is 7.26. The van der Waals surface area contributed by atoms with E-state index in [4.69, 9.17) is 14.2 Å². The highest BCUT2D eigenvalue weighted by Crippen LogP contribution is 2.18. The molecule has 1 heterocycles. The molecule has 1 aliphatic heterocycles. The minimum atomic E-state index is -0.921. The molecule has 0 spiro atoms. The molecule has 2 aromatic rings. The number of piperazine rings is 1. The quantitative estimate of drug-likeness (QED) is 0.451. The Balaban J connectivity index is 1.54. The van der Waals surface area contributed by atoms with Gasteiger partial charge in [-0.15, -0.1) is 0 Å². The van der Waals surface area contributed by atoms with Crippen molar-refractivity contribution in [3.05, 3.63) is 60.2 Å². The summed E-state index contributed by atoms with van der Waals surface area (Å²) in [7, 11) is 0. The number of hydrogen-bond donors (Lipinski definition) is 1. The molecule has 8 heteroatoms. The molecule has 0 aliphatic carbocycles. The lowest BCUT2D eigenvalue weighted by atomic mass is 10.1. The Morgan fingerprint density at radius 1 is 0.969 bits per heavy atom. The number of hydrogen-bond acceptors (Lipinski definition) is 6. The smallest absolute Gasteiger partial charge is 0.308 e. The van der Waals surface area contributed by atoms with E-state index >= 15 is 0 Å². The maximum Gasteiger partial charge on any atom is 0.308 e. The summed E-state index contributed by atoms with van der Waals surface area (Å²) >= 11 is 0. The standard InChI is InChI=1S/C24H28N2O6/c1-2-14-30-20-10-8-18(9-11-20)24(29)26-13-12-25-23(28)21(26)17-22(27)32-16-15-31-19-6-4-3-5-7-19/h3-11,21H,2,12-17H2,1H3,(H,25,28). The zero-order valence-electron chi connectivity index (χ0n) is 18.1. The minimum absolute atomic E-state index is 0.0508. The van der Waals surface area contributed by atoms with Crippen LogP contribution in [0.3, 0.4) is 0 Å². The Labute approximate surface area is 187 Å². The van der Waals surface area contributed by atoms with Gasteiger partial charge in [0.15, 0.2) is 0 Å². The zero-order valence-corrected chi connectivity index (χ0v) is 18.1. The lowest BCUT2D eigenvalue weighted by molar-refractivity contribution is -0.148. The molecular weight excluding hydrogens is 412 g/mol. The number of esters is 1. The first kappa shape index (κ1) is 23.1. The summed E-state index contributed by atoms with van der Waals surface area (Å²) in [5.74, 6) is 0.109. The van der Waals surface area contributed by atoms with Gasteiger partial charge in [-0.2, -0.15) is 0 Å². The van der Waals surface area contributed by atoms with Crippen LogP contribution in [-0.2, 0) is 14.3 Å². The van der Waals surface area contributed by atoms with Gasteiger partial charge in [0.05, 0.1) is 13.0 Å². The SMILES string of the molecule is CCCOc1ccc(C(=O)N2CCNC(=O)C2CC(=O)OCCOc2ccccc2)cc1. The van der Waals surface area contributed by atoms with Crippen LogP contribution in [0.25, 0.3) is 0 Å². The molecule has 170 valence electrons. The summed E-state index contributed by atoms with van der Waals surface area (Å²) in [6.45, 7) is 3.50. The normalized spacial score (nSPS) is 15.6. The molecule has 1 saturated heterocycles. The number of nitrogens with zero attached hydrogens (tertiary/aromatic N) is 1. The molecule has 0 saturated carbocycles. The van der Waals surface area contributed by atoms with Crippen molar-refractivity contribution in [2.75, 3.05) is 32.9 Å². The summed E-state index contributed by atoms with van der Waals surface area (Å²) in [5.41, 5.74) is 0.429. The van der Waals surface area contributed by atoms with Gasteiger partial charge in [-0.25, -0.2) is 0 Å². The summed E-state index contributed by atoms with van der Waals surface area (Å²) < 4.78 is 16.2. The predicted octanol–water partition coefficient (Wildman–Crippen LogP) is 2.43. The lowest BCUT2D eigenvalue weighted by Gasteiger charge is -2.34. The van der Waals surface area contributed by atoms with Gasteiger partial charge in [0.2, 0.25) is 5.91 Å². The van der Waals surface area contributed by atoms with Gasteiger partial charge in [0, 0.05) is 18.7 Å². The van der Waals surface area contributed by atoms with Gasteiger partial charge in [0.1, 0.15) is 30.8 Å². The van der Waals surface area contributed by atoms with Gasteiger partial charge in [-0.3, -0.25) is 14.4 Å². The van der Waals surface area contributed by atoms with Crippen molar-refractivity contribution in [3.63, 3.8) is 0 Å². The highest BCUT2D eigenvalue weighted by atomic mass is 16.6. The third-order valence-electron chi connectivity index (χ3n) is 4.88. The van der Waals surface area contributed by atoms with Crippen LogP contribution < -0.4 is 14.8 Å². The second kappa shape index (κ2) is 11.7. The summed E-state index contributed by atoms with van der Waals surface area (Å²) in [5, 5.41) is 2.71. The fourth-order valence-corrected chi connectivity index (χ4v) is 3.29. The number of amides is 2. The topological polar surface area (TPSA) is 94.2 Å². The van der Waals surface area contributed by atoms with E-state index in [1.165, 1.54) is 4.90 Å². The van der Waals surface area contributed by atoms with Gasteiger partial charge in [-0.1, -0.05) is 25.1 Å². The average molecular weight is 440 g/mol. The van der Waals surface area contributed by atoms with Crippen molar-refractivity contribution in [1.82, 2.24) is 10.2 Å². The molecule has 0 radical (unpaired) electrons. The largest absolute Gasteiger partial charge is 0.494 e. The van der Waals surface area contributed by atoms with Crippen LogP contribution in [0.5, 0.6) is 11.5 Å². The Morgan fingerprint density at radius 2 is 1.66 bits per heavy atom. The van der Waals surface area contributed by atoms with E-state index < -0.39 is 12.0 Å². The first-order chi connectivity index (χ1) is 15.6. The maximum atomic E-state index is 13.0. The molecule has 32 heavy (non-hydrogen) atoms. The predicted molar refractivity (Wildman–Crippen MR) is 118 cm³/mol. The Morgan fingerprint density at radius 3 is 2.38 bits per heavy atom. The highest BCUT2D eigenvalue weighted by Gasteiger charge is 2.35. The molecule has 2 aromatic carbocycles. The fraction of sp³-hybridized carbons (Fsp3) is 0.375. The number of ether oxygens (including phenoxy) is 3. The first-order valence-electron chi connectivity index (χ1n) is 10.7. The molecule has 1 aliphatic rings. The molecule has 8 nitrogen and oxygen atoms in total. The van der Waals surface area contributed by atoms with E-state index in [1.54, 1.807) is 36.4 Å². The molecule has 1 atom stereocenters. The van der Waals surface area contributed by atoms with E-state index in [9.17, 15) is 14.4 Å². The summed E-state index contributed by atoms with van der Waals surface area (Å²) in [6.07, 6.45) is 0.667. The molecule has 0 aromatic heterocycles. The van der Waals surface area contributed by atoms with Crippen LogP contribution >= 0.6 is 0 Å². The minimum Gasteiger partial charge on any atom is -0.494 e. The Bertz CT molecular complexity index is 900. The third-order valence-corrected chi connectivity index (χ3v) is 4.88. The highest BCUT2D eigenvalue weighted by molar-refractivity contribution is 5.99. The van der Waals surface area contributed by atoms with Gasteiger partial charge in [-0.05, 0) is 42.8 Å². The van der Waals surface area contributed by atoms with Gasteiger partial charge >= 0.3 is 5.97 Å². The lowest BCUT2D eigenvalue weighted by Crippen LogP contribution is -2.57. The van der Waals surface area contributed by atoms with Crippen LogP contribution in [0, 0.1) is 0 Å². The Kier molecular flexibility index (Phi) is 8.48. The molecule has 1 N–H and O–H groups in total. The van der Waals surface area contributed by atoms with Crippen molar-refractivity contribution in [2.45, 2.75) is 25.8 Å². The van der Waals surface area contributed by atoms with Crippen molar-refractivity contribution in [3.8, 4) is 11.5 Å². The number of para-hydroxylation sites is 1. The zero-order chi connectivity index (χ0) is 22.8. The van der Waals surface area contributed by atoms with E-state index in [0.29, 0.717) is 36.8 Å². The van der Waals surface area contributed by atoms with Crippen LogP contribution in [0.1, 0.15) is 30.1 Å². The Hall–Kier alpha value is -3.55. The van der Waals surface area contributed by atoms with Crippen molar-refractivity contribution in [1.29, 1.82) is 0 Å². The van der Waals surface area contributed by atoms with Crippen LogP contribution in [0.2, 0.25) is 0 Å². The van der Waals surface area contributed by atoms with Gasteiger partial charge < -0.3 is 24.4 Å². The number of carbonyl (C=O) groups excluding carboxylic acids is 3. The maximum absolute atomic E-state index is 13.0. The fourth-order valence-electron chi connectivity index (χ4n) is 3.29. The van der Waals surface area contributed by atoms with E-state index in [0.717, 1.165) is 6.42 Å². The number of carbonyl (C=O) groups is 3. The second-order valence-corrected chi connectivity index (χ2v) is 7.26. The van der Waals surface area contributed by atoms with Crippen LogP contribution in [0.4, 0.5) is 0 Å². The number of rotatable bonds is 10. The first-order valence-corrected chi connectivity index (χ1v) is 10.7. The molecule has 1 unspecified atom stereocenters. The van der Waals surface area contributed by atoms with Gasteiger partial charge in [0.25, 0.3) is 5.91 Å². The van der Waals surface area contributed by atoms with Crippen LogP contribution in [-0.4, -0.2) is 61.6 Å². The summed E-state index contributed by atoms with van der Waals surface area (Å²) in [6, 6.07) is 15.0. The molecular formula is C24H28N2O6. The monoisotopic (exact) mass is 440 g/mol. The molecule has 3 rings (SSSR count). The van der Waals surface area contributed by atoms with Crippen molar-refractivity contribution in [2.24, 2.45) is 0 Å². The average Bonchev–Trinajstić information content (AvgIpc) is 2.82. The third kappa shape index (κ3) is 6.47. The van der Waals surface area contributed by atoms with Crippen molar-refractivity contribution >= 4 is 17.8 Å². The van der Waals surface area contributed by atoms with Crippen LogP contribution in [0.15, 0.2) is 54.6 Å². The summed E-state index contributed by atoms with van der Waals surface area (Å²) in [4.78, 5) is 39.1. The molecule has 1 fully saturated rings. The van der Waals surface area contributed by atoms with Crippen molar-refractivity contribution < 1.29 is 28.6 Å². The van der Waals surface area contributed by atoms with E-state index in [-0.39, 0.29) is 31.4 Å². The van der Waals surface area contributed by atoms with E-state index in [2.05, 4.69) is 5.32 Å². The molecule has 0 bridgehead atoms. The number of benzene rings is 2. The number of nitrogens with one attached hydrogen (secondary N) is 1. The van der Waals surface area contributed by atoms with E-state index in [1.807, 2.05) is 25.1 Å². The molecule has 2 amide bonds.